The van der Waals surface area contributed by atoms with Gasteiger partial charge in [0, 0.05) is 5.75 Å². The minimum Gasteiger partial charge on any atom is -0.299 e. The maximum Gasteiger partial charge on any atom is 0.246 e. The van der Waals surface area contributed by atoms with Gasteiger partial charge in [-0.2, -0.15) is 0 Å². The number of benzene rings is 1. The number of carbonyl (C=O) groups is 1. The van der Waals surface area contributed by atoms with E-state index in [1.54, 1.807) is 36.0 Å². The Morgan fingerprint density at radius 1 is 1.27 bits per heavy atom. The molecule has 0 aliphatic rings. The Bertz CT molecular complexity index is 848. The van der Waals surface area contributed by atoms with E-state index < -0.39 is 15.9 Å². The van der Waals surface area contributed by atoms with Crippen molar-refractivity contribution < 1.29 is 13.2 Å². The molecule has 142 valence electrons. The van der Waals surface area contributed by atoms with E-state index in [0.29, 0.717) is 16.7 Å². The minimum absolute atomic E-state index is 0.323. The molecule has 0 saturated heterocycles. The summed E-state index contributed by atoms with van der Waals surface area (Å²) in [4.78, 5) is 12.3. The molecular formula is C16H22N4O3S3. The Morgan fingerprint density at radius 2 is 1.92 bits per heavy atom. The summed E-state index contributed by atoms with van der Waals surface area (Å²) in [6.45, 7) is 5.81. The van der Waals surface area contributed by atoms with Crippen molar-refractivity contribution in [2.45, 2.75) is 25.1 Å². The second-order valence-electron chi connectivity index (χ2n) is 6.23. The molecule has 2 aromatic rings. The van der Waals surface area contributed by atoms with Crippen LogP contribution in [0.4, 0.5) is 10.8 Å². The lowest BCUT2D eigenvalue weighted by molar-refractivity contribution is -0.114. The predicted molar refractivity (Wildman–Crippen MR) is 107 cm³/mol. The molecule has 0 atom stereocenters. The van der Waals surface area contributed by atoms with Gasteiger partial charge in [-0.25, -0.2) is 8.42 Å². The second kappa shape index (κ2) is 8.83. The van der Waals surface area contributed by atoms with Crippen molar-refractivity contribution in [2.24, 2.45) is 5.92 Å². The van der Waals surface area contributed by atoms with Crippen LogP contribution in [0.3, 0.4) is 0 Å². The van der Waals surface area contributed by atoms with Gasteiger partial charge in [0.2, 0.25) is 21.1 Å². The van der Waals surface area contributed by atoms with Gasteiger partial charge >= 0.3 is 0 Å². The number of nitrogens with zero attached hydrogens (tertiary/aromatic N) is 3. The highest BCUT2D eigenvalue weighted by molar-refractivity contribution is 8.01. The van der Waals surface area contributed by atoms with Crippen LogP contribution in [0.15, 0.2) is 28.6 Å². The van der Waals surface area contributed by atoms with Gasteiger partial charge in [0.1, 0.15) is 6.54 Å². The van der Waals surface area contributed by atoms with Crippen LogP contribution in [-0.2, 0) is 14.8 Å². The molecule has 0 saturated carbocycles. The number of carbonyl (C=O) groups excluding carboxylic acids is 1. The van der Waals surface area contributed by atoms with Gasteiger partial charge in [-0.15, -0.1) is 10.2 Å². The first-order chi connectivity index (χ1) is 12.1. The largest absolute Gasteiger partial charge is 0.299 e. The summed E-state index contributed by atoms with van der Waals surface area (Å²) in [5.41, 5.74) is 1.45. The first kappa shape index (κ1) is 20.7. The number of aryl methyl sites for hydroxylation is 1. The topological polar surface area (TPSA) is 92.3 Å². The maximum atomic E-state index is 12.3. The zero-order valence-corrected chi connectivity index (χ0v) is 17.5. The van der Waals surface area contributed by atoms with E-state index >= 15 is 0 Å². The van der Waals surface area contributed by atoms with Gasteiger partial charge in [0.15, 0.2) is 4.34 Å². The summed E-state index contributed by atoms with van der Waals surface area (Å²) in [7, 11) is -3.60. The molecule has 1 aromatic heterocycles. The summed E-state index contributed by atoms with van der Waals surface area (Å²) in [5.74, 6) is 0.977. The Morgan fingerprint density at radius 3 is 2.50 bits per heavy atom. The third-order valence-corrected chi connectivity index (χ3v) is 6.74. The van der Waals surface area contributed by atoms with E-state index in [1.165, 1.54) is 11.3 Å². The highest BCUT2D eigenvalue weighted by Crippen LogP contribution is 2.27. The zero-order valence-electron chi connectivity index (χ0n) is 15.1. The monoisotopic (exact) mass is 414 g/mol. The van der Waals surface area contributed by atoms with Crippen molar-refractivity contribution in [3.8, 4) is 0 Å². The molecule has 0 fully saturated rings. The number of thioether (sulfide) groups is 1. The molecule has 0 aliphatic heterocycles. The van der Waals surface area contributed by atoms with Crippen molar-refractivity contribution >= 4 is 49.8 Å². The van der Waals surface area contributed by atoms with E-state index in [-0.39, 0.29) is 6.54 Å². The molecule has 0 radical (unpaired) electrons. The Labute approximate surface area is 162 Å². The third-order valence-electron chi connectivity index (χ3n) is 3.20. The van der Waals surface area contributed by atoms with Gasteiger partial charge in [0.25, 0.3) is 0 Å². The van der Waals surface area contributed by atoms with Crippen LogP contribution in [-0.4, -0.2) is 43.1 Å². The summed E-state index contributed by atoms with van der Waals surface area (Å²) in [6, 6.07) is 6.95. The first-order valence-corrected chi connectivity index (χ1v) is 11.6. The summed E-state index contributed by atoms with van der Waals surface area (Å²) >= 11 is 2.86. The summed E-state index contributed by atoms with van der Waals surface area (Å²) in [5, 5.41) is 10.9. The van der Waals surface area contributed by atoms with Crippen LogP contribution >= 0.6 is 23.1 Å². The highest BCUT2D eigenvalue weighted by Gasteiger charge is 2.21. The number of sulfonamides is 1. The van der Waals surface area contributed by atoms with Gasteiger partial charge < -0.3 is 0 Å². The Kier molecular flexibility index (Phi) is 7.01. The van der Waals surface area contributed by atoms with Crippen molar-refractivity contribution in [1.82, 2.24) is 10.2 Å². The average Bonchev–Trinajstić information content (AvgIpc) is 2.98. The molecule has 7 nitrogen and oxygen atoms in total. The number of amides is 1. The fourth-order valence-corrected chi connectivity index (χ4v) is 4.56. The number of rotatable bonds is 8. The highest BCUT2D eigenvalue weighted by atomic mass is 32.2. The van der Waals surface area contributed by atoms with E-state index in [9.17, 15) is 13.2 Å². The first-order valence-electron chi connectivity index (χ1n) is 7.95. The maximum absolute atomic E-state index is 12.3. The van der Waals surface area contributed by atoms with Crippen LogP contribution < -0.4 is 9.62 Å². The number of hydrogen-bond acceptors (Lipinski definition) is 7. The molecule has 0 spiro atoms. The Hall–Kier alpha value is -1.65. The lowest BCUT2D eigenvalue weighted by atomic mass is 10.2. The normalized spacial score (nSPS) is 11.6. The molecule has 0 bridgehead atoms. The lowest BCUT2D eigenvalue weighted by Gasteiger charge is -2.21. The molecule has 26 heavy (non-hydrogen) atoms. The van der Waals surface area contributed by atoms with E-state index in [4.69, 9.17) is 0 Å². The molecule has 0 aliphatic carbocycles. The Balaban J connectivity index is 2.05. The summed E-state index contributed by atoms with van der Waals surface area (Å²) in [6.07, 6.45) is 1.08. The number of hydrogen-bond donors (Lipinski definition) is 1. The van der Waals surface area contributed by atoms with E-state index in [0.717, 1.165) is 26.2 Å². The van der Waals surface area contributed by atoms with Crippen LogP contribution in [0.2, 0.25) is 0 Å². The van der Waals surface area contributed by atoms with Crippen molar-refractivity contribution in [3.05, 3.63) is 29.8 Å². The van der Waals surface area contributed by atoms with E-state index in [1.807, 2.05) is 6.92 Å². The second-order valence-corrected chi connectivity index (χ2v) is 10.4. The quantitative estimate of drug-likeness (QED) is 0.527. The molecular weight excluding hydrogens is 392 g/mol. The van der Waals surface area contributed by atoms with Crippen LogP contribution in [0, 0.1) is 12.8 Å². The smallest absolute Gasteiger partial charge is 0.246 e. The number of anilines is 2. The molecule has 1 N–H and O–H groups in total. The fraction of sp³-hybridized carbons (Fsp3) is 0.438. The SMILES string of the molecule is Cc1ccc(N(CC(=O)Nc2nnc(SCC(C)C)s2)S(C)(=O)=O)cc1. The molecule has 1 aromatic carbocycles. The fourth-order valence-electron chi connectivity index (χ4n) is 1.96. The lowest BCUT2D eigenvalue weighted by Crippen LogP contribution is -2.37. The van der Waals surface area contributed by atoms with Crippen molar-refractivity contribution in [2.75, 3.05) is 28.2 Å². The van der Waals surface area contributed by atoms with Gasteiger partial charge in [0.05, 0.1) is 11.9 Å². The average molecular weight is 415 g/mol. The van der Waals surface area contributed by atoms with Crippen LogP contribution in [0.25, 0.3) is 0 Å². The van der Waals surface area contributed by atoms with Crippen LogP contribution in [0.1, 0.15) is 19.4 Å². The van der Waals surface area contributed by atoms with Crippen LogP contribution in [0.5, 0.6) is 0 Å². The molecule has 2 rings (SSSR count). The molecule has 10 heteroatoms. The third kappa shape index (κ3) is 6.26. The summed E-state index contributed by atoms with van der Waals surface area (Å²) < 4.78 is 26.0. The van der Waals surface area contributed by atoms with Crippen molar-refractivity contribution in [1.29, 1.82) is 0 Å². The standard InChI is InChI=1S/C16H22N4O3S3/c1-11(2)10-24-16-19-18-15(25-16)17-14(21)9-20(26(4,22)23)13-7-5-12(3)6-8-13/h5-8,11H,9-10H2,1-4H3,(H,17,18,21). The van der Waals surface area contributed by atoms with Gasteiger partial charge in [-0.1, -0.05) is 54.6 Å². The van der Waals surface area contributed by atoms with Gasteiger partial charge in [-0.3, -0.25) is 14.4 Å². The zero-order chi connectivity index (χ0) is 19.3. The number of aromatic nitrogens is 2. The van der Waals surface area contributed by atoms with Crippen molar-refractivity contribution in [3.63, 3.8) is 0 Å². The minimum atomic E-state index is -3.60. The molecule has 0 unspecified atom stereocenters. The van der Waals surface area contributed by atoms with E-state index in [2.05, 4.69) is 29.4 Å². The number of nitrogens with one attached hydrogen (secondary N) is 1. The van der Waals surface area contributed by atoms with Gasteiger partial charge in [-0.05, 0) is 25.0 Å². The molecule has 1 heterocycles. The predicted octanol–water partition coefficient (Wildman–Crippen LogP) is 3.00. The molecule has 1 amide bonds.